The average molecular weight is 348 g/mol. The maximum atomic E-state index is 13.0. The normalized spacial score (nSPS) is 18.0. The maximum absolute atomic E-state index is 13.0. The van der Waals surface area contributed by atoms with Crippen LogP contribution in [0.5, 0.6) is 5.75 Å². The second kappa shape index (κ2) is 5.77. The second-order valence-electron chi connectivity index (χ2n) is 6.40. The molecule has 0 amide bonds. The van der Waals surface area contributed by atoms with Crippen molar-refractivity contribution in [2.24, 2.45) is 5.92 Å². The maximum Gasteiger partial charge on any atom is 0.268 e. The smallest absolute Gasteiger partial charge is 0.268 e. The van der Waals surface area contributed by atoms with Crippen molar-refractivity contribution >= 4 is 15.8 Å². The van der Waals surface area contributed by atoms with Gasteiger partial charge in [0.2, 0.25) is 0 Å². The molecule has 2 aromatic rings. The van der Waals surface area contributed by atoms with Crippen LogP contribution >= 0.6 is 0 Å². The molecule has 0 N–H and O–H groups in total. The van der Waals surface area contributed by atoms with E-state index in [4.69, 9.17) is 4.74 Å². The number of fused-ring (bicyclic) bond motifs is 1. The minimum atomic E-state index is -3.69. The van der Waals surface area contributed by atoms with E-state index >= 15 is 0 Å². The Bertz CT molecular complexity index is 858. The number of aryl methyl sites for hydroxylation is 1. The van der Waals surface area contributed by atoms with Crippen LogP contribution in [-0.2, 0) is 16.6 Å². The molecule has 0 radical (unpaired) electrons. The molecule has 1 saturated carbocycles. The van der Waals surface area contributed by atoms with Gasteiger partial charge in [0.1, 0.15) is 11.5 Å². The fourth-order valence-electron chi connectivity index (χ4n) is 3.04. The number of nitrogens with zero attached hydrogens (tertiary/aromatic N) is 4. The Hall–Kier alpha value is -2.09. The van der Waals surface area contributed by atoms with Gasteiger partial charge in [-0.25, -0.2) is 17.7 Å². The topological polar surface area (TPSA) is 77.3 Å². The summed E-state index contributed by atoms with van der Waals surface area (Å²) < 4.78 is 34.6. The van der Waals surface area contributed by atoms with Crippen LogP contribution in [0.25, 0.3) is 0 Å². The summed E-state index contributed by atoms with van der Waals surface area (Å²) in [6.07, 6.45) is 6.70. The molecule has 2 aliphatic rings. The molecule has 0 saturated heterocycles. The Kier molecular flexibility index (Phi) is 3.71. The van der Waals surface area contributed by atoms with Gasteiger partial charge in [0.25, 0.3) is 10.0 Å². The monoisotopic (exact) mass is 348 g/mol. The van der Waals surface area contributed by atoms with E-state index < -0.39 is 10.0 Å². The van der Waals surface area contributed by atoms with E-state index in [2.05, 4.69) is 10.1 Å². The van der Waals surface area contributed by atoms with Crippen molar-refractivity contribution in [3.8, 4) is 5.75 Å². The lowest BCUT2D eigenvalue weighted by atomic mass is 9.85. The summed E-state index contributed by atoms with van der Waals surface area (Å²) >= 11 is 0. The van der Waals surface area contributed by atoms with Gasteiger partial charge in [-0.15, -0.1) is 0 Å². The Morgan fingerprint density at radius 1 is 1.33 bits per heavy atom. The van der Waals surface area contributed by atoms with E-state index in [9.17, 15) is 8.42 Å². The Morgan fingerprint density at radius 3 is 2.92 bits per heavy atom. The summed E-state index contributed by atoms with van der Waals surface area (Å²) in [6.45, 7) is 3.18. The summed E-state index contributed by atoms with van der Waals surface area (Å²) in [5, 5.41) is 4.23. The Balaban J connectivity index is 1.65. The largest absolute Gasteiger partial charge is 0.488 e. The molecule has 8 heteroatoms. The van der Waals surface area contributed by atoms with Gasteiger partial charge >= 0.3 is 0 Å². The zero-order valence-corrected chi connectivity index (χ0v) is 14.4. The third-order valence-electron chi connectivity index (χ3n) is 4.63. The summed E-state index contributed by atoms with van der Waals surface area (Å²) in [5.41, 5.74) is 0.750. The van der Waals surface area contributed by atoms with Crippen molar-refractivity contribution in [1.82, 2.24) is 14.8 Å². The number of hydrogen-bond donors (Lipinski definition) is 0. The third-order valence-corrected chi connectivity index (χ3v) is 6.38. The Labute approximate surface area is 141 Å². The molecule has 1 aliphatic carbocycles. The van der Waals surface area contributed by atoms with E-state index in [0.29, 0.717) is 24.1 Å². The summed E-state index contributed by atoms with van der Waals surface area (Å²) in [7, 11) is -3.69. The molecular weight excluding hydrogens is 328 g/mol. The molecule has 0 unspecified atom stereocenters. The van der Waals surface area contributed by atoms with E-state index in [0.717, 1.165) is 12.2 Å². The Morgan fingerprint density at radius 2 is 2.17 bits per heavy atom. The zero-order chi connectivity index (χ0) is 16.7. The van der Waals surface area contributed by atoms with Gasteiger partial charge in [-0.2, -0.15) is 5.10 Å². The third kappa shape index (κ3) is 2.64. The highest BCUT2D eigenvalue weighted by molar-refractivity contribution is 7.92. The number of pyridine rings is 1. The van der Waals surface area contributed by atoms with Crippen molar-refractivity contribution in [2.75, 3.05) is 17.5 Å². The number of anilines is 1. The minimum Gasteiger partial charge on any atom is -0.488 e. The number of ether oxygens (including phenoxy) is 1. The lowest BCUT2D eigenvalue weighted by Gasteiger charge is -2.29. The number of aromatic nitrogens is 3. The first-order chi connectivity index (χ1) is 11.5. The molecule has 3 heterocycles. The van der Waals surface area contributed by atoms with Crippen molar-refractivity contribution in [1.29, 1.82) is 0 Å². The highest BCUT2D eigenvalue weighted by Gasteiger charge is 2.32. The molecule has 0 aromatic carbocycles. The van der Waals surface area contributed by atoms with Crippen molar-refractivity contribution in [3.63, 3.8) is 0 Å². The summed E-state index contributed by atoms with van der Waals surface area (Å²) in [6, 6.07) is 3.57. The van der Waals surface area contributed by atoms with E-state index in [-0.39, 0.29) is 11.4 Å². The highest BCUT2D eigenvalue weighted by atomic mass is 32.2. The van der Waals surface area contributed by atoms with Gasteiger partial charge < -0.3 is 4.74 Å². The summed E-state index contributed by atoms with van der Waals surface area (Å²) in [4.78, 5) is 4.57. The van der Waals surface area contributed by atoms with Crippen LogP contribution in [0.3, 0.4) is 0 Å². The van der Waals surface area contributed by atoms with Crippen LogP contribution in [0.2, 0.25) is 0 Å². The van der Waals surface area contributed by atoms with Crippen LogP contribution in [0, 0.1) is 12.8 Å². The van der Waals surface area contributed by atoms with Gasteiger partial charge in [-0.1, -0.05) is 6.42 Å². The van der Waals surface area contributed by atoms with E-state index in [1.165, 1.54) is 29.8 Å². The molecular formula is C16H20N4O3S. The first-order valence-electron chi connectivity index (χ1n) is 8.20. The number of sulfonamides is 1. The predicted octanol–water partition coefficient (Wildman–Crippen LogP) is 1.97. The predicted molar refractivity (Wildman–Crippen MR) is 88.6 cm³/mol. The lowest BCUT2D eigenvalue weighted by Crippen LogP contribution is -2.38. The van der Waals surface area contributed by atoms with Gasteiger partial charge in [0.05, 0.1) is 12.7 Å². The van der Waals surface area contributed by atoms with E-state index in [1.54, 1.807) is 16.9 Å². The first-order valence-corrected chi connectivity index (χ1v) is 9.64. The first kappa shape index (κ1) is 15.4. The zero-order valence-electron chi connectivity index (χ0n) is 13.6. The minimum absolute atomic E-state index is 0.206. The molecule has 4 rings (SSSR count). The molecule has 1 aliphatic heterocycles. The quantitative estimate of drug-likeness (QED) is 0.844. The van der Waals surface area contributed by atoms with E-state index in [1.807, 2.05) is 13.0 Å². The standard InChI is InChI=1S/C16H20N4O3S/c1-12-5-6-15-16(18-12)20(7-8-23-15)24(21,22)14-9-17-19(11-14)10-13-3-2-4-13/h5-6,9,11,13H,2-4,7-8,10H2,1H3. The fourth-order valence-corrected chi connectivity index (χ4v) is 4.41. The van der Waals surface area contributed by atoms with Crippen molar-refractivity contribution in [2.45, 2.75) is 37.6 Å². The molecule has 2 aromatic heterocycles. The lowest BCUT2D eigenvalue weighted by molar-refractivity contribution is 0.266. The summed E-state index contributed by atoms with van der Waals surface area (Å²) in [5.74, 6) is 1.47. The molecule has 128 valence electrons. The van der Waals surface area contributed by atoms with Crippen LogP contribution in [-0.4, -0.2) is 36.3 Å². The second-order valence-corrected chi connectivity index (χ2v) is 8.26. The number of rotatable bonds is 4. The van der Waals surface area contributed by atoms with Gasteiger partial charge in [0.15, 0.2) is 11.6 Å². The van der Waals surface area contributed by atoms with Crippen molar-refractivity contribution in [3.05, 3.63) is 30.2 Å². The van der Waals surface area contributed by atoms with Gasteiger partial charge in [0, 0.05) is 18.4 Å². The van der Waals surface area contributed by atoms with Gasteiger partial charge in [-0.3, -0.25) is 4.68 Å². The van der Waals surface area contributed by atoms with Crippen molar-refractivity contribution < 1.29 is 13.2 Å². The molecule has 0 atom stereocenters. The molecule has 1 fully saturated rings. The van der Waals surface area contributed by atoms with Crippen LogP contribution in [0.1, 0.15) is 25.0 Å². The SMILES string of the molecule is Cc1ccc2c(n1)N(S(=O)(=O)c1cnn(CC3CCC3)c1)CCO2. The fraction of sp³-hybridized carbons (Fsp3) is 0.500. The van der Waals surface area contributed by atoms with Crippen LogP contribution in [0.4, 0.5) is 5.82 Å². The average Bonchev–Trinajstić information content (AvgIpc) is 3.00. The number of hydrogen-bond acceptors (Lipinski definition) is 5. The molecule has 24 heavy (non-hydrogen) atoms. The highest BCUT2D eigenvalue weighted by Crippen LogP contribution is 2.34. The molecule has 0 bridgehead atoms. The van der Waals surface area contributed by atoms with Crippen LogP contribution < -0.4 is 9.04 Å². The molecule has 7 nitrogen and oxygen atoms in total. The molecule has 0 spiro atoms. The van der Waals surface area contributed by atoms with Gasteiger partial charge in [-0.05, 0) is 37.8 Å². The van der Waals surface area contributed by atoms with Crippen LogP contribution in [0.15, 0.2) is 29.4 Å².